The smallest absolute Gasteiger partial charge is 0.406 e. The number of hydrazine groups is 1. The van der Waals surface area contributed by atoms with Crippen LogP contribution in [0.3, 0.4) is 0 Å². The first-order valence-corrected chi connectivity index (χ1v) is 8.45. The molecular formula is C19H16F3N3O4. The van der Waals surface area contributed by atoms with Crippen LogP contribution in [0.1, 0.15) is 18.1 Å². The van der Waals surface area contributed by atoms with Gasteiger partial charge in [0.15, 0.2) is 0 Å². The lowest BCUT2D eigenvalue weighted by molar-refractivity contribution is -0.274. The summed E-state index contributed by atoms with van der Waals surface area (Å²) >= 11 is 0. The van der Waals surface area contributed by atoms with E-state index in [0.717, 1.165) is 12.1 Å². The molecule has 1 aliphatic rings. The minimum Gasteiger partial charge on any atom is -0.406 e. The standard InChI is InChI=1S/C19H16F3N3O4/c1-18(13-5-3-2-4-6-13)16(27)25(17(28)23-18)24-15(26)11-12-7-9-14(10-8-12)29-19(20,21)22/h2-10H,11H2,1H3,(H,23,28)(H,24,26). The van der Waals surface area contributed by atoms with Gasteiger partial charge in [-0.2, -0.15) is 5.01 Å². The summed E-state index contributed by atoms with van der Waals surface area (Å²) < 4.78 is 40.3. The van der Waals surface area contributed by atoms with Crippen molar-refractivity contribution in [2.45, 2.75) is 25.2 Å². The summed E-state index contributed by atoms with van der Waals surface area (Å²) in [5.74, 6) is -1.76. The van der Waals surface area contributed by atoms with Gasteiger partial charge in [0, 0.05) is 0 Å². The lowest BCUT2D eigenvalue weighted by Gasteiger charge is -2.22. The van der Waals surface area contributed by atoms with E-state index in [1.807, 2.05) is 0 Å². The van der Waals surface area contributed by atoms with E-state index in [4.69, 9.17) is 0 Å². The molecule has 3 rings (SSSR count). The second-order valence-electron chi connectivity index (χ2n) is 6.47. The van der Waals surface area contributed by atoms with Crippen molar-refractivity contribution in [3.05, 3.63) is 65.7 Å². The van der Waals surface area contributed by atoms with Gasteiger partial charge in [-0.25, -0.2) is 4.79 Å². The summed E-state index contributed by atoms with van der Waals surface area (Å²) in [4.78, 5) is 37.1. The van der Waals surface area contributed by atoms with Crippen molar-refractivity contribution in [2.24, 2.45) is 0 Å². The van der Waals surface area contributed by atoms with E-state index >= 15 is 0 Å². The summed E-state index contributed by atoms with van der Waals surface area (Å²) in [6, 6.07) is 12.4. The molecule has 0 saturated carbocycles. The molecule has 1 atom stereocenters. The van der Waals surface area contributed by atoms with Gasteiger partial charge in [-0.05, 0) is 30.2 Å². The molecule has 1 unspecified atom stereocenters. The van der Waals surface area contributed by atoms with Crippen molar-refractivity contribution in [3.63, 3.8) is 0 Å². The molecular weight excluding hydrogens is 391 g/mol. The van der Waals surface area contributed by atoms with Crippen LogP contribution in [0.2, 0.25) is 0 Å². The number of rotatable bonds is 5. The highest BCUT2D eigenvalue weighted by molar-refractivity contribution is 6.08. The molecule has 0 radical (unpaired) electrons. The molecule has 1 aliphatic heterocycles. The molecule has 2 aromatic carbocycles. The molecule has 1 heterocycles. The third-order valence-electron chi connectivity index (χ3n) is 4.30. The summed E-state index contributed by atoms with van der Waals surface area (Å²) in [6.07, 6.45) is -5.07. The van der Waals surface area contributed by atoms with Crippen LogP contribution in [0.15, 0.2) is 54.6 Å². The topological polar surface area (TPSA) is 87.7 Å². The summed E-state index contributed by atoms with van der Waals surface area (Å²) in [5.41, 5.74) is 1.82. The van der Waals surface area contributed by atoms with Gasteiger partial charge in [-0.1, -0.05) is 42.5 Å². The van der Waals surface area contributed by atoms with Crippen LogP contribution in [0.5, 0.6) is 5.75 Å². The molecule has 2 N–H and O–H groups in total. The van der Waals surface area contributed by atoms with E-state index in [1.54, 1.807) is 30.3 Å². The first kappa shape index (κ1) is 20.2. The number of benzene rings is 2. The van der Waals surface area contributed by atoms with Gasteiger partial charge in [-0.15, -0.1) is 13.2 Å². The maximum atomic E-state index is 12.7. The summed E-state index contributed by atoms with van der Waals surface area (Å²) in [7, 11) is 0. The quantitative estimate of drug-likeness (QED) is 0.746. The van der Waals surface area contributed by atoms with Gasteiger partial charge in [0.05, 0.1) is 6.42 Å². The zero-order chi connectivity index (χ0) is 21.2. The zero-order valence-electron chi connectivity index (χ0n) is 15.1. The van der Waals surface area contributed by atoms with Crippen LogP contribution in [0.25, 0.3) is 0 Å². The van der Waals surface area contributed by atoms with Crippen LogP contribution >= 0.6 is 0 Å². The van der Waals surface area contributed by atoms with Crippen molar-refractivity contribution in [2.75, 3.05) is 0 Å². The number of imide groups is 1. The Morgan fingerprint density at radius 2 is 1.72 bits per heavy atom. The Kier molecular flexibility index (Phi) is 5.19. The van der Waals surface area contributed by atoms with E-state index in [1.165, 1.54) is 19.1 Å². The maximum absolute atomic E-state index is 12.7. The molecule has 4 amide bonds. The molecule has 0 spiro atoms. The molecule has 1 fully saturated rings. The Balaban J connectivity index is 1.65. The Hall–Kier alpha value is -3.56. The second-order valence-corrected chi connectivity index (χ2v) is 6.47. The average molecular weight is 407 g/mol. The SMILES string of the molecule is CC1(c2ccccc2)NC(=O)N(NC(=O)Cc2ccc(OC(F)(F)F)cc2)C1=O. The van der Waals surface area contributed by atoms with Gasteiger partial charge >= 0.3 is 12.4 Å². The third-order valence-corrected chi connectivity index (χ3v) is 4.30. The highest BCUT2D eigenvalue weighted by atomic mass is 19.4. The van der Waals surface area contributed by atoms with Crippen molar-refractivity contribution in [3.8, 4) is 5.75 Å². The van der Waals surface area contributed by atoms with Crippen LogP contribution in [-0.4, -0.2) is 29.2 Å². The molecule has 0 bridgehead atoms. The maximum Gasteiger partial charge on any atom is 0.573 e. The summed E-state index contributed by atoms with van der Waals surface area (Å²) in [6.45, 7) is 1.52. The lowest BCUT2D eigenvalue weighted by atomic mass is 9.92. The number of carbonyl (C=O) groups excluding carboxylic acids is 3. The molecule has 10 heteroatoms. The predicted molar refractivity (Wildman–Crippen MR) is 94.1 cm³/mol. The monoisotopic (exact) mass is 407 g/mol. The van der Waals surface area contributed by atoms with Gasteiger partial charge in [-0.3, -0.25) is 15.0 Å². The fraction of sp³-hybridized carbons (Fsp3) is 0.211. The van der Waals surface area contributed by atoms with E-state index in [9.17, 15) is 27.6 Å². The number of alkyl halides is 3. The Labute approximate surface area is 163 Å². The molecule has 1 saturated heterocycles. The zero-order valence-corrected chi connectivity index (χ0v) is 15.1. The number of nitrogens with zero attached hydrogens (tertiary/aromatic N) is 1. The Morgan fingerprint density at radius 3 is 2.31 bits per heavy atom. The van der Waals surface area contributed by atoms with E-state index < -0.39 is 35.5 Å². The predicted octanol–water partition coefficient (Wildman–Crippen LogP) is 2.63. The minimum atomic E-state index is -4.81. The van der Waals surface area contributed by atoms with Gasteiger partial charge < -0.3 is 10.1 Å². The van der Waals surface area contributed by atoms with Crippen molar-refractivity contribution in [1.29, 1.82) is 0 Å². The fourth-order valence-corrected chi connectivity index (χ4v) is 2.87. The van der Waals surface area contributed by atoms with Gasteiger partial charge in [0.25, 0.3) is 5.91 Å². The number of urea groups is 1. The van der Waals surface area contributed by atoms with E-state index in [2.05, 4.69) is 15.5 Å². The molecule has 2 aromatic rings. The number of amides is 4. The van der Waals surface area contributed by atoms with Crippen molar-refractivity contribution >= 4 is 17.8 Å². The van der Waals surface area contributed by atoms with Crippen LogP contribution in [0, 0.1) is 0 Å². The molecule has 0 aromatic heterocycles. The van der Waals surface area contributed by atoms with E-state index in [0.29, 0.717) is 16.1 Å². The average Bonchev–Trinajstić information content (AvgIpc) is 2.87. The fourth-order valence-electron chi connectivity index (χ4n) is 2.87. The normalized spacial score (nSPS) is 19.1. The number of nitrogens with one attached hydrogen (secondary N) is 2. The number of hydrogen-bond donors (Lipinski definition) is 2. The van der Waals surface area contributed by atoms with Crippen LogP contribution < -0.4 is 15.5 Å². The number of carbonyl (C=O) groups is 3. The lowest BCUT2D eigenvalue weighted by Crippen LogP contribution is -2.48. The van der Waals surface area contributed by atoms with Crippen LogP contribution in [0.4, 0.5) is 18.0 Å². The Bertz CT molecular complexity index is 932. The Morgan fingerprint density at radius 1 is 1.10 bits per heavy atom. The molecule has 152 valence electrons. The number of hydrogen-bond acceptors (Lipinski definition) is 4. The number of ether oxygens (including phenoxy) is 1. The highest BCUT2D eigenvalue weighted by Crippen LogP contribution is 2.27. The minimum absolute atomic E-state index is 0.259. The van der Waals surface area contributed by atoms with E-state index in [-0.39, 0.29) is 6.42 Å². The van der Waals surface area contributed by atoms with Crippen molar-refractivity contribution < 1.29 is 32.3 Å². The first-order chi connectivity index (χ1) is 13.6. The summed E-state index contributed by atoms with van der Waals surface area (Å²) in [5, 5.41) is 3.14. The second kappa shape index (κ2) is 7.46. The third kappa shape index (κ3) is 4.48. The van der Waals surface area contributed by atoms with Crippen molar-refractivity contribution in [1.82, 2.24) is 15.8 Å². The largest absolute Gasteiger partial charge is 0.573 e. The first-order valence-electron chi connectivity index (χ1n) is 8.45. The molecule has 29 heavy (non-hydrogen) atoms. The number of halogens is 3. The highest BCUT2D eigenvalue weighted by Gasteiger charge is 2.49. The van der Waals surface area contributed by atoms with Gasteiger partial charge in [0.2, 0.25) is 5.91 Å². The molecule has 0 aliphatic carbocycles. The molecule has 7 nitrogen and oxygen atoms in total. The van der Waals surface area contributed by atoms with Gasteiger partial charge in [0.1, 0.15) is 11.3 Å². The van der Waals surface area contributed by atoms with Crippen LogP contribution in [-0.2, 0) is 21.5 Å².